The summed E-state index contributed by atoms with van der Waals surface area (Å²) in [5, 5.41) is 0.953. The van der Waals surface area contributed by atoms with Gasteiger partial charge >= 0.3 is 0 Å². The lowest BCUT2D eigenvalue weighted by atomic mass is 10.0. The molecule has 0 heterocycles. The second-order valence-corrected chi connectivity index (χ2v) is 17.0. The molecule has 1 rings (SSSR count). The number of rotatable bonds is 25. The van der Waals surface area contributed by atoms with Crippen LogP contribution in [0.15, 0.2) is 24.3 Å². The zero-order valence-electron chi connectivity index (χ0n) is 24.4. The van der Waals surface area contributed by atoms with E-state index in [1.54, 1.807) is 0 Å². The highest BCUT2D eigenvalue weighted by atomic mass is 35.5. The van der Waals surface area contributed by atoms with E-state index in [4.69, 9.17) is 23.2 Å². The van der Waals surface area contributed by atoms with Crippen molar-refractivity contribution in [1.82, 2.24) is 0 Å². The van der Waals surface area contributed by atoms with Crippen LogP contribution in [-0.4, -0.2) is 18.5 Å². The predicted octanol–water partition coefficient (Wildman–Crippen LogP) is 13.5. The van der Waals surface area contributed by atoms with E-state index in [0.717, 1.165) is 10.6 Å². The molecule has 0 N–H and O–H groups in total. The summed E-state index contributed by atoms with van der Waals surface area (Å²) in [5.74, 6) is 0. The van der Waals surface area contributed by atoms with Crippen molar-refractivity contribution >= 4 is 30.5 Å². The first kappa shape index (κ1) is 34.3. The number of halogens is 2. The third-order valence-electron chi connectivity index (χ3n) is 8.36. The van der Waals surface area contributed by atoms with Gasteiger partial charge in [0.25, 0.3) is 0 Å². The Hall–Kier alpha value is 0.230. The van der Waals surface area contributed by atoms with Gasteiger partial charge in [-0.05, 0) is 32.8 Å². The van der Waals surface area contributed by atoms with Crippen molar-refractivity contribution in [2.45, 2.75) is 154 Å². The Bertz CT molecular complexity index is 613. The molecule has 0 aliphatic heterocycles. The Morgan fingerprint density at radius 2 is 0.917 bits per heavy atom. The summed E-state index contributed by atoms with van der Waals surface area (Å²) in [6.45, 7) is 6.99. The van der Waals surface area contributed by atoms with Gasteiger partial charge in [0, 0.05) is 17.8 Å². The van der Waals surface area contributed by atoms with Gasteiger partial charge in [0.2, 0.25) is 0 Å². The minimum absolute atomic E-state index is 0.113. The van der Waals surface area contributed by atoms with Crippen molar-refractivity contribution in [2.24, 2.45) is 0 Å². The number of benzene rings is 1. The van der Waals surface area contributed by atoms with Crippen molar-refractivity contribution in [3.05, 3.63) is 34.9 Å². The fourth-order valence-corrected chi connectivity index (χ4v) is 10.9. The van der Waals surface area contributed by atoms with E-state index < -0.39 is 7.26 Å². The molecule has 0 bridgehead atoms. The zero-order chi connectivity index (χ0) is 26.3. The smallest absolute Gasteiger partial charge is 0.0838 e. The van der Waals surface area contributed by atoms with Crippen LogP contribution in [0.1, 0.15) is 160 Å². The van der Waals surface area contributed by atoms with E-state index in [9.17, 15) is 0 Å². The summed E-state index contributed by atoms with van der Waals surface area (Å²) < 4.78 is 0. The monoisotopic (exact) mass is 557 g/mol. The van der Waals surface area contributed by atoms with Crippen LogP contribution < -0.4 is 0 Å². The fourth-order valence-electron chi connectivity index (χ4n) is 5.62. The van der Waals surface area contributed by atoms with Crippen molar-refractivity contribution in [3.8, 4) is 0 Å². The summed E-state index contributed by atoms with van der Waals surface area (Å²) in [6.07, 6.45) is 32.5. The molecule has 0 aliphatic carbocycles. The molecule has 3 heteroatoms. The molecule has 1 unspecified atom stereocenters. The molecule has 0 saturated heterocycles. The van der Waals surface area contributed by atoms with Crippen LogP contribution in [0.3, 0.4) is 0 Å². The van der Waals surface area contributed by atoms with Crippen LogP contribution in [0.4, 0.5) is 0 Å². The molecule has 0 amide bonds. The van der Waals surface area contributed by atoms with Crippen LogP contribution >= 0.6 is 30.5 Å². The highest BCUT2D eigenvalue weighted by molar-refractivity contribution is 7.77. The van der Waals surface area contributed by atoms with Crippen LogP contribution in [0.25, 0.3) is 0 Å². The Morgan fingerprint density at radius 3 is 1.28 bits per heavy atom. The molecule has 0 radical (unpaired) electrons. The Labute approximate surface area is 237 Å². The summed E-state index contributed by atoms with van der Waals surface area (Å²) >= 11 is 13.6. The van der Waals surface area contributed by atoms with Gasteiger partial charge in [0.05, 0.1) is 18.5 Å². The lowest BCUT2D eigenvalue weighted by molar-refractivity contribution is 0.523. The number of alkyl halides is 1. The fraction of sp³-hybridized carbons (Fsp3) is 0.818. The second kappa shape index (κ2) is 23.1. The van der Waals surface area contributed by atoms with Gasteiger partial charge < -0.3 is 0 Å². The molecule has 0 saturated carbocycles. The number of hydrogen-bond donors (Lipinski definition) is 0. The van der Waals surface area contributed by atoms with Crippen LogP contribution in [0, 0.1) is 0 Å². The SMILES string of the molecule is CCCCCCCCCCCCCCCCCCCCCC[P+](CC)(CC)C(Cl)c1ccccc1Cl. The van der Waals surface area contributed by atoms with E-state index >= 15 is 0 Å². The summed E-state index contributed by atoms with van der Waals surface area (Å²) in [5.41, 5.74) is 1.16. The van der Waals surface area contributed by atoms with Crippen LogP contribution in [-0.2, 0) is 0 Å². The Kier molecular flexibility index (Phi) is 22.0. The van der Waals surface area contributed by atoms with Gasteiger partial charge in [0.1, 0.15) is 0 Å². The lowest BCUT2D eigenvalue weighted by Crippen LogP contribution is -2.11. The van der Waals surface area contributed by atoms with Gasteiger partial charge in [-0.25, -0.2) is 0 Å². The third-order valence-corrected chi connectivity index (χ3v) is 15.1. The summed E-state index contributed by atoms with van der Waals surface area (Å²) in [6, 6.07) is 8.21. The van der Waals surface area contributed by atoms with Crippen LogP contribution in [0.5, 0.6) is 0 Å². The summed E-state index contributed by atoms with van der Waals surface area (Å²) in [7, 11) is -1.21. The maximum absolute atomic E-state index is 7.09. The maximum atomic E-state index is 7.09. The highest BCUT2D eigenvalue weighted by Crippen LogP contribution is 2.71. The van der Waals surface area contributed by atoms with Crippen molar-refractivity contribution < 1.29 is 0 Å². The van der Waals surface area contributed by atoms with Crippen LogP contribution in [0.2, 0.25) is 5.02 Å². The molecule has 1 aromatic rings. The van der Waals surface area contributed by atoms with Crippen molar-refractivity contribution in [1.29, 1.82) is 0 Å². The number of hydrogen-bond acceptors (Lipinski definition) is 0. The standard InChI is InChI=1S/C33H60Cl2P/c1-4-7-8-9-10-11-12-13-14-15-16-17-18-19-20-21-22-23-24-27-30-36(5-2,6-3)33(35)31-28-25-26-29-32(31)34/h25-26,28-29,33H,4-24,27,30H2,1-3H3/q+1. The normalized spacial score (nSPS) is 12.8. The zero-order valence-corrected chi connectivity index (χ0v) is 26.8. The minimum atomic E-state index is -1.21. The second-order valence-electron chi connectivity index (χ2n) is 11.1. The van der Waals surface area contributed by atoms with E-state index in [-0.39, 0.29) is 5.12 Å². The van der Waals surface area contributed by atoms with Gasteiger partial charge in [-0.1, -0.05) is 164 Å². The average molecular weight is 559 g/mol. The molecular weight excluding hydrogens is 498 g/mol. The molecule has 1 aromatic carbocycles. The quantitative estimate of drug-likeness (QED) is 0.0636. The number of unbranched alkanes of at least 4 members (excludes halogenated alkanes) is 19. The topological polar surface area (TPSA) is 0 Å². The molecule has 0 fully saturated rings. The average Bonchev–Trinajstić information content (AvgIpc) is 2.90. The Balaban J connectivity index is 1.97. The molecule has 36 heavy (non-hydrogen) atoms. The van der Waals surface area contributed by atoms with Gasteiger partial charge in [-0.15, -0.1) is 0 Å². The predicted molar refractivity (Wildman–Crippen MR) is 171 cm³/mol. The van der Waals surface area contributed by atoms with Gasteiger partial charge in [-0.3, -0.25) is 0 Å². The third kappa shape index (κ3) is 15.0. The Morgan fingerprint density at radius 1 is 0.556 bits per heavy atom. The van der Waals surface area contributed by atoms with Gasteiger partial charge in [-0.2, -0.15) is 0 Å². The summed E-state index contributed by atoms with van der Waals surface area (Å²) in [4.78, 5) is 0. The molecule has 0 aromatic heterocycles. The van der Waals surface area contributed by atoms with Gasteiger partial charge in [0.15, 0.2) is 5.12 Å². The molecule has 210 valence electrons. The molecule has 0 nitrogen and oxygen atoms in total. The van der Waals surface area contributed by atoms with E-state index in [2.05, 4.69) is 32.9 Å². The molecular formula is C33H60Cl2P+. The highest BCUT2D eigenvalue weighted by Gasteiger charge is 2.42. The first-order valence-electron chi connectivity index (χ1n) is 15.9. The van der Waals surface area contributed by atoms with Crippen molar-refractivity contribution in [3.63, 3.8) is 0 Å². The maximum Gasteiger partial charge on any atom is 0.168 e. The lowest BCUT2D eigenvalue weighted by Gasteiger charge is -2.30. The van der Waals surface area contributed by atoms with E-state index in [1.165, 1.54) is 147 Å². The van der Waals surface area contributed by atoms with E-state index in [0.29, 0.717) is 0 Å². The minimum Gasteiger partial charge on any atom is -0.0838 e. The van der Waals surface area contributed by atoms with Crippen molar-refractivity contribution in [2.75, 3.05) is 18.5 Å². The molecule has 0 aliphatic rings. The molecule has 1 atom stereocenters. The largest absolute Gasteiger partial charge is 0.168 e. The first-order valence-corrected chi connectivity index (χ1v) is 19.1. The molecule has 0 spiro atoms. The first-order chi connectivity index (χ1) is 17.6. The van der Waals surface area contributed by atoms with E-state index in [1.807, 2.05) is 12.1 Å².